The Labute approximate surface area is 154 Å². The van der Waals surface area contributed by atoms with Crippen molar-refractivity contribution < 1.29 is 39.5 Å². The molecule has 0 amide bonds. The van der Waals surface area contributed by atoms with Crippen LogP contribution in [0.4, 0.5) is 0 Å². The van der Waals surface area contributed by atoms with Gasteiger partial charge in [0.1, 0.15) is 0 Å². The molecule has 4 heteroatoms. The molecule has 0 aliphatic rings. The van der Waals surface area contributed by atoms with Gasteiger partial charge in [0, 0.05) is 18.4 Å². The number of hydrogen-bond acceptors (Lipinski definition) is 3. The van der Waals surface area contributed by atoms with Gasteiger partial charge in [0.05, 0.1) is 0 Å². The van der Waals surface area contributed by atoms with Crippen molar-refractivity contribution in [2.75, 3.05) is 14.1 Å². The average molecular weight is 307 g/mol. The van der Waals surface area contributed by atoms with Gasteiger partial charge in [-0.3, -0.25) is 0 Å². The van der Waals surface area contributed by atoms with Crippen LogP contribution in [0.3, 0.4) is 0 Å². The van der Waals surface area contributed by atoms with Gasteiger partial charge in [-0.05, 0) is 20.5 Å². The third-order valence-corrected chi connectivity index (χ3v) is 4.02. The topological polar surface area (TPSA) is 43.4 Å². The standard InChI is InChI=1S/C17H35NO2.Na/c1-4-5-6-7-8-9-10-11-12-13-14-16(18(2)3)15-17(19)20;/h16H,4-15H2,1-3H3,(H,19,20);/q;+1/p-1. The zero-order valence-electron chi connectivity index (χ0n) is 14.8. The quantitative estimate of drug-likeness (QED) is 0.344. The second kappa shape index (κ2) is 16.8. The van der Waals surface area contributed by atoms with Crippen LogP contribution in [-0.2, 0) is 4.79 Å². The fraction of sp³-hybridized carbons (Fsp3) is 0.941. The third kappa shape index (κ3) is 16.6. The number of carbonyl (C=O) groups is 1. The van der Waals surface area contributed by atoms with Gasteiger partial charge in [0.15, 0.2) is 0 Å². The minimum Gasteiger partial charge on any atom is -0.550 e. The minimum absolute atomic E-state index is 0. The number of rotatable bonds is 14. The third-order valence-electron chi connectivity index (χ3n) is 4.02. The van der Waals surface area contributed by atoms with E-state index in [2.05, 4.69) is 6.92 Å². The summed E-state index contributed by atoms with van der Waals surface area (Å²) in [5.74, 6) is -0.934. The molecule has 0 bridgehead atoms. The predicted molar refractivity (Wildman–Crippen MR) is 83.6 cm³/mol. The molecule has 0 heterocycles. The van der Waals surface area contributed by atoms with E-state index in [0.717, 1.165) is 12.8 Å². The zero-order valence-corrected chi connectivity index (χ0v) is 16.8. The Kier molecular flexibility index (Phi) is 18.9. The number of carboxylic acids is 1. The first-order valence-corrected chi connectivity index (χ1v) is 8.44. The molecule has 0 fully saturated rings. The van der Waals surface area contributed by atoms with E-state index in [1.54, 1.807) is 0 Å². The molecule has 0 aromatic rings. The molecule has 0 aliphatic heterocycles. The summed E-state index contributed by atoms with van der Waals surface area (Å²) in [4.78, 5) is 12.7. The summed E-state index contributed by atoms with van der Waals surface area (Å²) in [7, 11) is 3.90. The summed E-state index contributed by atoms with van der Waals surface area (Å²) in [6, 6.07) is 0.133. The fourth-order valence-electron chi connectivity index (χ4n) is 2.60. The number of nitrogens with zero attached hydrogens (tertiary/aromatic N) is 1. The SMILES string of the molecule is CCCCCCCCCCCCC(CC(=O)[O-])N(C)C.[Na+]. The Hall–Kier alpha value is 0.430. The summed E-state index contributed by atoms with van der Waals surface area (Å²) in [6.07, 6.45) is 14.3. The van der Waals surface area contributed by atoms with E-state index in [0.29, 0.717) is 0 Å². The van der Waals surface area contributed by atoms with Crippen LogP contribution in [0.15, 0.2) is 0 Å². The van der Waals surface area contributed by atoms with Crippen molar-refractivity contribution in [1.82, 2.24) is 4.90 Å². The van der Waals surface area contributed by atoms with Gasteiger partial charge in [-0.1, -0.05) is 71.1 Å². The first kappa shape index (κ1) is 23.7. The number of carbonyl (C=O) groups excluding carboxylic acids is 1. The van der Waals surface area contributed by atoms with Crippen molar-refractivity contribution in [2.24, 2.45) is 0 Å². The van der Waals surface area contributed by atoms with E-state index in [1.165, 1.54) is 57.8 Å². The van der Waals surface area contributed by atoms with Crippen LogP contribution < -0.4 is 34.7 Å². The van der Waals surface area contributed by atoms with Crippen LogP contribution in [0.5, 0.6) is 0 Å². The monoisotopic (exact) mass is 307 g/mol. The zero-order chi connectivity index (χ0) is 15.2. The number of unbranched alkanes of at least 4 members (excludes halogenated alkanes) is 9. The maximum absolute atomic E-state index is 10.7. The van der Waals surface area contributed by atoms with Crippen LogP contribution in [-0.4, -0.2) is 31.0 Å². The molecule has 1 atom stereocenters. The molecule has 0 aromatic carbocycles. The fourth-order valence-corrected chi connectivity index (χ4v) is 2.60. The van der Waals surface area contributed by atoms with Crippen LogP contribution in [0.1, 0.15) is 84.0 Å². The van der Waals surface area contributed by atoms with E-state index in [-0.39, 0.29) is 42.0 Å². The first-order valence-electron chi connectivity index (χ1n) is 8.44. The molecular formula is C17H34NNaO2. The van der Waals surface area contributed by atoms with Gasteiger partial charge < -0.3 is 14.8 Å². The van der Waals surface area contributed by atoms with Gasteiger partial charge in [-0.15, -0.1) is 0 Å². The van der Waals surface area contributed by atoms with Gasteiger partial charge in [-0.2, -0.15) is 0 Å². The Bertz CT molecular complexity index is 235. The summed E-state index contributed by atoms with van der Waals surface area (Å²) in [6.45, 7) is 2.25. The molecular weight excluding hydrogens is 273 g/mol. The molecule has 3 nitrogen and oxygen atoms in total. The van der Waals surface area contributed by atoms with E-state index < -0.39 is 5.97 Å². The maximum Gasteiger partial charge on any atom is 1.00 e. The molecule has 0 rings (SSSR count). The summed E-state index contributed by atoms with van der Waals surface area (Å²) in [5, 5.41) is 10.7. The van der Waals surface area contributed by atoms with Crippen LogP contribution >= 0.6 is 0 Å². The van der Waals surface area contributed by atoms with E-state index in [1.807, 2.05) is 19.0 Å². The molecule has 0 saturated heterocycles. The van der Waals surface area contributed by atoms with Crippen molar-refractivity contribution in [1.29, 1.82) is 0 Å². The first-order chi connectivity index (χ1) is 9.57. The summed E-state index contributed by atoms with van der Waals surface area (Å²) in [5.41, 5.74) is 0. The normalized spacial score (nSPS) is 12.2. The molecule has 0 radical (unpaired) electrons. The number of hydrogen-bond donors (Lipinski definition) is 0. The van der Waals surface area contributed by atoms with Gasteiger partial charge in [0.2, 0.25) is 0 Å². The Morgan fingerprint density at radius 2 is 1.33 bits per heavy atom. The second-order valence-electron chi connectivity index (χ2n) is 6.16. The van der Waals surface area contributed by atoms with E-state index in [9.17, 15) is 9.90 Å². The summed E-state index contributed by atoms with van der Waals surface area (Å²) >= 11 is 0. The Balaban J connectivity index is 0. The molecule has 120 valence electrons. The van der Waals surface area contributed by atoms with Crippen molar-refractivity contribution in [2.45, 2.75) is 90.0 Å². The summed E-state index contributed by atoms with van der Waals surface area (Å²) < 4.78 is 0. The Morgan fingerprint density at radius 3 is 1.71 bits per heavy atom. The van der Waals surface area contributed by atoms with Gasteiger partial charge >= 0.3 is 29.6 Å². The van der Waals surface area contributed by atoms with Crippen molar-refractivity contribution in [3.8, 4) is 0 Å². The molecule has 0 saturated carbocycles. The smallest absolute Gasteiger partial charge is 0.550 e. The molecule has 0 aliphatic carbocycles. The van der Waals surface area contributed by atoms with Gasteiger partial charge in [0.25, 0.3) is 0 Å². The molecule has 0 spiro atoms. The molecule has 1 unspecified atom stereocenters. The maximum atomic E-state index is 10.7. The van der Waals surface area contributed by atoms with Crippen molar-refractivity contribution >= 4 is 5.97 Å². The molecule has 0 N–H and O–H groups in total. The van der Waals surface area contributed by atoms with Crippen molar-refractivity contribution in [3.05, 3.63) is 0 Å². The number of carboxylic acid groups (broad SMARTS) is 1. The second-order valence-corrected chi connectivity index (χ2v) is 6.16. The Morgan fingerprint density at radius 1 is 0.905 bits per heavy atom. The van der Waals surface area contributed by atoms with Crippen LogP contribution in [0.25, 0.3) is 0 Å². The van der Waals surface area contributed by atoms with Gasteiger partial charge in [-0.25, -0.2) is 0 Å². The van der Waals surface area contributed by atoms with Crippen molar-refractivity contribution in [3.63, 3.8) is 0 Å². The largest absolute Gasteiger partial charge is 1.00 e. The molecule has 21 heavy (non-hydrogen) atoms. The van der Waals surface area contributed by atoms with Crippen LogP contribution in [0, 0.1) is 0 Å². The molecule has 0 aromatic heterocycles. The predicted octanol–water partition coefficient (Wildman–Crippen LogP) is 0.372. The minimum atomic E-state index is -0.934. The van der Waals surface area contributed by atoms with E-state index >= 15 is 0 Å². The van der Waals surface area contributed by atoms with Crippen LogP contribution in [0.2, 0.25) is 0 Å². The average Bonchev–Trinajstić information content (AvgIpc) is 2.39. The van der Waals surface area contributed by atoms with E-state index in [4.69, 9.17) is 0 Å². The number of aliphatic carboxylic acids is 1.